The molecule has 1 aliphatic rings. The maximum absolute atomic E-state index is 11.7. The van der Waals surface area contributed by atoms with E-state index in [1.165, 1.54) is 6.33 Å². The van der Waals surface area contributed by atoms with E-state index in [9.17, 15) is 4.79 Å². The van der Waals surface area contributed by atoms with Crippen LogP contribution < -0.4 is 4.90 Å². The van der Waals surface area contributed by atoms with Gasteiger partial charge in [0.15, 0.2) is 5.65 Å². The second-order valence-electron chi connectivity index (χ2n) is 4.50. The van der Waals surface area contributed by atoms with Crippen molar-refractivity contribution in [2.24, 2.45) is 0 Å². The number of hydrogen-bond acceptors (Lipinski definition) is 6. The summed E-state index contributed by atoms with van der Waals surface area (Å²) in [5.41, 5.74) is 0.725. The minimum Gasteiger partial charge on any atom is -0.450 e. The first-order valence-electron chi connectivity index (χ1n) is 6.60. The average Bonchev–Trinajstić information content (AvgIpc) is 2.96. The van der Waals surface area contributed by atoms with Crippen molar-refractivity contribution in [1.82, 2.24) is 25.1 Å². The largest absolute Gasteiger partial charge is 0.450 e. The van der Waals surface area contributed by atoms with Gasteiger partial charge in [-0.15, -0.1) is 0 Å². The zero-order valence-electron chi connectivity index (χ0n) is 11.2. The van der Waals surface area contributed by atoms with Crippen LogP contribution in [0.1, 0.15) is 6.92 Å². The van der Waals surface area contributed by atoms with Crippen LogP contribution in [0.25, 0.3) is 11.0 Å². The standard InChI is InChI=1S/C12H16N6O2/c1-2-20-12(19)18-5-3-17(4-6-18)11-9-7-15-16-10(9)13-8-14-11/h7-8H,2-6H2,1H3,(H,13,14,15,16). The number of nitrogens with one attached hydrogen (secondary N) is 1. The zero-order chi connectivity index (χ0) is 13.9. The Balaban J connectivity index is 1.72. The summed E-state index contributed by atoms with van der Waals surface area (Å²) >= 11 is 0. The normalized spacial score (nSPS) is 15.7. The average molecular weight is 276 g/mol. The van der Waals surface area contributed by atoms with Gasteiger partial charge in [0.1, 0.15) is 12.1 Å². The van der Waals surface area contributed by atoms with E-state index < -0.39 is 0 Å². The Morgan fingerprint density at radius 2 is 2.15 bits per heavy atom. The summed E-state index contributed by atoms with van der Waals surface area (Å²) in [4.78, 5) is 24.0. The fourth-order valence-electron chi connectivity index (χ4n) is 2.32. The summed E-state index contributed by atoms with van der Waals surface area (Å²) in [6.45, 7) is 4.90. The first kappa shape index (κ1) is 12.6. The van der Waals surface area contributed by atoms with E-state index in [-0.39, 0.29) is 6.09 Å². The Kier molecular flexibility index (Phi) is 3.36. The van der Waals surface area contributed by atoms with E-state index >= 15 is 0 Å². The van der Waals surface area contributed by atoms with Gasteiger partial charge in [0, 0.05) is 26.2 Å². The molecule has 0 aromatic carbocycles. The number of aromatic nitrogens is 4. The van der Waals surface area contributed by atoms with Crippen molar-refractivity contribution in [3.8, 4) is 0 Å². The van der Waals surface area contributed by atoms with Crippen molar-refractivity contribution in [2.45, 2.75) is 6.92 Å². The minimum atomic E-state index is -0.247. The molecule has 20 heavy (non-hydrogen) atoms. The molecule has 106 valence electrons. The number of fused-ring (bicyclic) bond motifs is 1. The predicted octanol–water partition coefficient (Wildman–Crippen LogP) is 0.631. The predicted molar refractivity (Wildman–Crippen MR) is 72.5 cm³/mol. The number of ether oxygens (including phenoxy) is 1. The molecule has 1 aliphatic heterocycles. The van der Waals surface area contributed by atoms with Crippen LogP contribution in [0.5, 0.6) is 0 Å². The van der Waals surface area contributed by atoms with Gasteiger partial charge in [-0.05, 0) is 6.92 Å². The molecule has 1 saturated heterocycles. The van der Waals surface area contributed by atoms with Crippen LogP contribution in [0.3, 0.4) is 0 Å². The van der Waals surface area contributed by atoms with Crippen LogP contribution in [0.2, 0.25) is 0 Å². The number of anilines is 1. The maximum atomic E-state index is 11.7. The van der Waals surface area contributed by atoms with Crippen LogP contribution >= 0.6 is 0 Å². The molecule has 3 heterocycles. The van der Waals surface area contributed by atoms with Crippen molar-refractivity contribution < 1.29 is 9.53 Å². The second-order valence-corrected chi connectivity index (χ2v) is 4.50. The highest BCUT2D eigenvalue weighted by atomic mass is 16.6. The number of carbonyl (C=O) groups excluding carboxylic acids is 1. The highest BCUT2D eigenvalue weighted by molar-refractivity contribution is 5.86. The summed E-state index contributed by atoms with van der Waals surface area (Å²) in [6.07, 6.45) is 3.00. The number of rotatable bonds is 2. The molecule has 2 aromatic rings. The molecule has 0 spiro atoms. The Hall–Kier alpha value is -2.38. The first-order valence-corrected chi connectivity index (χ1v) is 6.60. The Morgan fingerprint density at radius 1 is 1.35 bits per heavy atom. The third-order valence-electron chi connectivity index (χ3n) is 3.33. The lowest BCUT2D eigenvalue weighted by Crippen LogP contribution is -2.49. The second kappa shape index (κ2) is 5.32. The molecule has 0 aliphatic carbocycles. The van der Waals surface area contributed by atoms with Crippen LogP contribution in [0, 0.1) is 0 Å². The van der Waals surface area contributed by atoms with Crippen LogP contribution in [0.4, 0.5) is 10.6 Å². The summed E-state index contributed by atoms with van der Waals surface area (Å²) in [6, 6.07) is 0. The lowest BCUT2D eigenvalue weighted by Gasteiger charge is -2.34. The third kappa shape index (κ3) is 2.24. The fourth-order valence-corrected chi connectivity index (χ4v) is 2.32. The third-order valence-corrected chi connectivity index (χ3v) is 3.33. The zero-order valence-corrected chi connectivity index (χ0v) is 11.2. The summed E-state index contributed by atoms with van der Waals surface area (Å²) in [5.74, 6) is 0.854. The topological polar surface area (TPSA) is 87.2 Å². The SMILES string of the molecule is CCOC(=O)N1CCN(c2ncnc3[nH]ncc23)CC1. The Bertz CT molecular complexity index is 605. The molecule has 1 fully saturated rings. The Morgan fingerprint density at radius 3 is 2.90 bits per heavy atom. The number of H-pyrrole nitrogens is 1. The monoisotopic (exact) mass is 276 g/mol. The van der Waals surface area contributed by atoms with Crippen LogP contribution in [-0.4, -0.2) is 63.9 Å². The molecule has 3 rings (SSSR count). The fraction of sp³-hybridized carbons (Fsp3) is 0.500. The summed E-state index contributed by atoms with van der Waals surface area (Å²) < 4.78 is 5.01. The van der Waals surface area contributed by atoms with E-state index in [2.05, 4.69) is 25.1 Å². The van der Waals surface area contributed by atoms with Gasteiger partial charge in [0.2, 0.25) is 0 Å². The quantitative estimate of drug-likeness (QED) is 0.865. The molecule has 8 heteroatoms. The summed E-state index contributed by atoms with van der Waals surface area (Å²) in [7, 11) is 0. The minimum absolute atomic E-state index is 0.247. The number of amides is 1. The Labute approximate surface area is 115 Å². The number of hydrogen-bond donors (Lipinski definition) is 1. The smallest absolute Gasteiger partial charge is 0.409 e. The molecule has 0 radical (unpaired) electrons. The van der Waals surface area contributed by atoms with E-state index in [0.29, 0.717) is 19.7 Å². The van der Waals surface area contributed by atoms with Gasteiger partial charge < -0.3 is 14.5 Å². The maximum Gasteiger partial charge on any atom is 0.409 e. The van der Waals surface area contributed by atoms with E-state index in [1.54, 1.807) is 11.1 Å². The van der Waals surface area contributed by atoms with Crippen molar-refractivity contribution >= 4 is 22.9 Å². The molecule has 8 nitrogen and oxygen atoms in total. The molecule has 0 bridgehead atoms. The van der Waals surface area contributed by atoms with Gasteiger partial charge in [-0.2, -0.15) is 5.10 Å². The van der Waals surface area contributed by atoms with Gasteiger partial charge in [-0.25, -0.2) is 14.8 Å². The highest BCUT2D eigenvalue weighted by Gasteiger charge is 2.24. The van der Waals surface area contributed by atoms with Crippen LogP contribution in [0.15, 0.2) is 12.5 Å². The van der Waals surface area contributed by atoms with Crippen molar-refractivity contribution in [2.75, 3.05) is 37.7 Å². The van der Waals surface area contributed by atoms with Crippen LogP contribution in [-0.2, 0) is 4.74 Å². The summed E-state index contributed by atoms with van der Waals surface area (Å²) in [5, 5.41) is 7.72. The van der Waals surface area contributed by atoms with E-state index in [1.807, 2.05) is 6.92 Å². The number of carbonyl (C=O) groups is 1. The van der Waals surface area contributed by atoms with Crippen molar-refractivity contribution in [1.29, 1.82) is 0 Å². The molecular formula is C12H16N6O2. The lowest BCUT2D eigenvalue weighted by atomic mass is 10.3. The molecular weight excluding hydrogens is 260 g/mol. The number of nitrogens with zero attached hydrogens (tertiary/aromatic N) is 5. The molecule has 0 saturated carbocycles. The lowest BCUT2D eigenvalue weighted by molar-refractivity contribution is 0.105. The van der Waals surface area contributed by atoms with E-state index in [0.717, 1.165) is 29.9 Å². The first-order chi connectivity index (χ1) is 9.79. The highest BCUT2D eigenvalue weighted by Crippen LogP contribution is 2.22. The van der Waals surface area contributed by atoms with Crippen molar-refractivity contribution in [3.05, 3.63) is 12.5 Å². The van der Waals surface area contributed by atoms with E-state index in [4.69, 9.17) is 4.74 Å². The van der Waals surface area contributed by atoms with Gasteiger partial charge in [0.25, 0.3) is 0 Å². The van der Waals surface area contributed by atoms with Gasteiger partial charge >= 0.3 is 6.09 Å². The number of piperazine rings is 1. The van der Waals surface area contributed by atoms with Gasteiger partial charge in [-0.3, -0.25) is 5.10 Å². The van der Waals surface area contributed by atoms with Gasteiger partial charge in [-0.1, -0.05) is 0 Å². The van der Waals surface area contributed by atoms with Crippen molar-refractivity contribution in [3.63, 3.8) is 0 Å². The number of aromatic amines is 1. The molecule has 1 N–H and O–H groups in total. The molecule has 0 unspecified atom stereocenters. The molecule has 1 amide bonds. The van der Waals surface area contributed by atoms with Gasteiger partial charge in [0.05, 0.1) is 18.2 Å². The molecule has 0 atom stereocenters. The molecule has 2 aromatic heterocycles.